The van der Waals surface area contributed by atoms with Gasteiger partial charge < -0.3 is 11.1 Å². The minimum absolute atomic E-state index is 0.658. The molecule has 0 aliphatic carbocycles. The van der Waals surface area contributed by atoms with E-state index >= 15 is 0 Å². The zero-order valence-corrected chi connectivity index (χ0v) is 11.1. The third-order valence-corrected chi connectivity index (χ3v) is 3.32. The van der Waals surface area contributed by atoms with E-state index in [-0.39, 0.29) is 0 Å². The molecule has 3 rings (SSSR count). The Morgan fingerprint density at radius 1 is 1.21 bits per heavy atom. The average Bonchev–Trinajstić information content (AvgIpc) is 2.80. The number of nitrogen functional groups attached to an aromatic ring is 1. The summed E-state index contributed by atoms with van der Waals surface area (Å²) in [5.74, 6) is 0. The maximum Gasteiger partial charge on any atom is 0.0672 e. The van der Waals surface area contributed by atoms with Crippen molar-refractivity contribution in [3.8, 4) is 0 Å². The Hall–Kier alpha value is -2.20. The molecule has 0 saturated heterocycles. The molecule has 0 unspecified atom stereocenters. The number of rotatable bonds is 2. The van der Waals surface area contributed by atoms with Crippen LogP contribution in [0.25, 0.3) is 10.9 Å². The van der Waals surface area contributed by atoms with E-state index < -0.39 is 0 Å². The van der Waals surface area contributed by atoms with Crippen molar-refractivity contribution < 1.29 is 0 Å². The minimum Gasteiger partial charge on any atom is -0.397 e. The van der Waals surface area contributed by atoms with Gasteiger partial charge in [0.05, 0.1) is 33.8 Å². The van der Waals surface area contributed by atoms with Gasteiger partial charge in [-0.1, -0.05) is 17.7 Å². The molecule has 0 spiro atoms. The number of nitrogens with two attached hydrogens (primary N) is 1. The van der Waals surface area contributed by atoms with Crippen molar-refractivity contribution in [3.63, 3.8) is 0 Å². The Balaban J connectivity index is 2.02. The third kappa shape index (κ3) is 2.22. The van der Waals surface area contributed by atoms with Gasteiger partial charge in [0.1, 0.15) is 0 Å². The van der Waals surface area contributed by atoms with E-state index in [0.717, 1.165) is 27.8 Å². The van der Waals surface area contributed by atoms with Crippen molar-refractivity contribution in [1.82, 2.24) is 10.2 Å². The number of aromatic amines is 1. The van der Waals surface area contributed by atoms with Gasteiger partial charge in [0.15, 0.2) is 0 Å². The fraction of sp³-hybridized carbons (Fsp3) is 0.0714. The van der Waals surface area contributed by atoms with E-state index in [1.54, 1.807) is 6.20 Å². The maximum atomic E-state index is 6.21. The highest BCUT2D eigenvalue weighted by Gasteiger charge is 2.06. The molecule has 4 nitrogen and oxygen atoms in total. The predicted molar refractivity (Wildman–Crippen MR) is 80.0 cm³/mol. The second-order valence-electron chi connectivity index (χ2n) is 4.51. The smallest absolute Gasteiger partial charge is 0.0672 e. The van der Waals surface area contributed by atoms with Crippen molar-refractivity contribution >= 4 is 39.6 Å². The largest absolute Gasteiger partial charge is 0.397 e. The van der Waals surface area contributed by atoms with Crippen LogP contribution in [0.2, 0.25) is 5.02 Å². The summed E-state index contributed by atoms with van der Waals surface area (Å²) < 4.78 is 0. The number of aryl methyl sites for hydroxylation is 1. The van der Waals surface area contributed by atoms with Crippen LogP contribution in [-0.4, -0.2) is 10.2 Å². The molecular weight excluding hydrogens is 260 g/mol. The summed E-state index contributed by atoms with van der Waals surface area (Å²) in [5.41, 5.74) is 10.4. The van der Waals surface area contributed by atoms with Crippen molar-refractivity contribution in [2.75, 3.05) is 11.1 Å². The molecule has 3 aromatic rings. The average molecular weight is 273 g/mol. The molecule has 5 heteroatoms. The van der Waals surface area contributed by atoms with Gasteiger partial charge in [-0.2, -0.15) is 5.10 Å². The van der Waals surface area contributed by atoms with Crippen molar-refractivity contribution in [2.45, 2.75) is 6.92 Å². The fourth-order valence-corrected chi connectivity index (χ4v) is 2.27. The molecule has 0 aliphatic heterocycles. The van der Waals surface area contributed by atoms with Crippen LogP contribution in [0, 0.1) is 6.92 Å². The SMILES string of the molecule is Cc1ccc(Nc2cc3[nH]ncc3cc2N)c(Cl)c1. The lowest BCUT2D eigenvalue weighted by Crippen LogP contribution is -1.97. The first kappa shape index (κ1) is 11.9. The Bertz CT molecular complexity index is 748. The standard InChI is InChI=1S/C14H13ClN4/c1-8-2-3-12(10(15)4-8)18-14-6-13-9(5-11(14)16)7-17-19-13/h2-7,18H,16H2,1H3,(H,17,19). The van der Waals surface area contributed by atoms with E-state index in [1.807, 2.05) is 37.3 Å². The number of hydrogen-bond donors (Lipinski definition) is 3. The summed E-state index contributed by atoms with van der Waals surface area (Å²) >= 11 is 6.21. The summed E-state index contributed by atoms with van der Waals surface area (Å²) in [5, 5.41) is 11.8. The molecule has 4 N–H and O–H groups in total. The van der Waals surface area contributed by atoms with Crippen molar-refractivity contribution in [1.29, 1.82) is 0 Å². The first-order chi connectivity index (χ1) is 9.13. The molecule has 0 fully saturated rings. The molecule has 19 heavy (non-hydrogen) atoms. The fourth-order valence-electron chi connectivity index (χ4n) is 1.98. The number of nitrogens with zero attached hydrogens (tertiary/aromatic N) is 1. The van der Waals surface area contributed by atoms with Gasteiger partial charge >= 0.3 is 0 Å². The van der Waals surface area contributed by atoms with Gasteiger partial charge in [0, 0.05) is 5.39 Å². The lowest BCUT2D eigenvalue weighted by molar-refractivity contribution is 1.12. The molecule has 1 aromatic heterocycles. The number of benzene rings is 2. The lowest BCUT2D eigenvalue weighted by Gasteiger charge is -2.11. The molecule has 0 bridgehead atoms. The topological polar surface area (TPSA) is 66.7 Å². The first-order valence-corrected chi connectivity index (χ1v) is 6.27. The molecule has 0 amide bonds. The van der Waals surface area contributed by atoms with Crippen molar-refractivity contribution in [2.24, 2.45) is 0 Å². The second-order valence-corrected chi connectivity index (χ2v) is 4.91. The highest BCUT2D eigenvalue weighted by Crippen LogP contribution is 2.31. The van der Waals surface area contributed by atoms with Gasteiger partial charge in [0.2, 0.25) is 0 Å². The zero-order chi connectivity index (χ0) is 13.4. The van der Waals surface area contributed by atoms with E-state index in [0.29, 0.717) is 10.7 Å². The molecule has 0 atom stereocenters. The number of aromatic nitrogens is 2. The van der Waals surface area contributed by atoms with Gasteiger partial charge in [-0.25, -0.2) is 0 Å². The van der Waals surface area contributed by atoms with E-state index in [2.05, 4.69) is 15.5 Å². The zero-order valence-electron chi connectivity index (χ0n) is 10.4. The highest BCUT2D eigenvalue weighted by molar-refractivity contribution is 6.33. The maximum absolute atomic E-state index is 6.21. The van der Waals surface area contributed by atoms with Crippen LogP contribution < -0.4 is 11.1 Å². The Labute approximate surface area is 115 Å². The lowest BCUT2D eigenvalue weighted by atomic mass is 10.2. The molecular formula is C14H13ClN4. The van der Waals surface area contributed by atoms with E-state index in [1.165, 1.54) is 0 Å². The molecule has 0 radical (unpaired) electrons. The number of fused-ring (bicyclic) bond motifs is 1. The van der Waals surface area contributed by atoms with Crippen LogP contribution in [-0.2, 0) is 0 Å². The normalized spacial score (nSPS) is 10.8. The summed E-state index contributed by atoms with van der Waals surface area (Å²) in [6.07, 6.45) is 1.74. The number of hydrogen-bond acceptors (Lipinski definition) is 3. The molecule has 1 heterocycles. The van der Waals surface area contributed by atoms with Crippen LogP contribution in [0.4, 0.5) is 17.1 Å². The van der Waals surface area contributed by atoms with Gasteiger partial charge in [-0.3, -0.25) is 5.10 Å². The van der Waals surface area contributed by atoms with Gasteiger partial charge in [0.25, 0.3) is 0 Å². The van der Waals surface area contributed by atoms with Crippen LogP contribution in [0.5, 0.6) is 0 Å². The monoisotopic (exact) mass is 272 g/mol. The van der Waals surface area contributed by atoms with E-state index in [9.17, 15) is 0 Å². The first-order valence-electron chi connectivity index (χ1n) is 5.89. The van der Waals surface area contributed by atoms with E-state index in [4.69, 9.17) is 17.3 Å². The van der Waals surface area contributed by atoms with Gasteiger partial charge in [-0.15, -0.1) is 0 Å². The van der Waals surface area contributed by atoms with Crippen LogP contribution >= 0.6 is 11.6 Å². The molecule has 0 saturated carbocycles. The van der Waals surface area contributed by atoms with Crippen LogP contribution in [0.3, 0.4) is 0 Å². The van der Waals surface area contributed by atoms with Gasteiger partial charge in [-0.05, 0) is 36.8 Å². The highest BCUT2D eigenvalue weighted by atomic mass is 35.5. The number of anilines is 3. The number of nitrogens with one attached hydrogen (secondary N) is 2. The summed E-state index contributed by atoms with van der Waals surface area (Å²) in [4.78, 5) is 0. The summed E-state index contributed by atoms with van der Waals surface area (Å²) in [7, 11) is 0. The Morgan fingerprint density at radius 3 is 2.84 bits per heavy atom. The molecule has 96 valence electrons. The molecule has 2 aromatic carbocycles. The quantitative estimate of drug-likeness (QED) is 0.621. The number of halogens is 1. The predicted octanol–water partition coefficient (Wildman–Crippen LogP) is 3.85. The van der Waals surface area contributed by atoms with Crippen molar-refractivity contribution in [3.05, 3.63) is 47.1 Å². The van der Waals surface area contributed by atoms with Crippen LogP contribution in [0.1, 0.15) is 5.56 Å². The Kier molecular flexibility index (Phi) is 2.80. The van der Waals surface area contributed by atoms with Crippen LogP contribution in [0.15, 0.2) is 36.5 Å². The summed E-state index contributed by atoms with van der Waals surface area (Å²) in [6, 6.07) is 9.65. The summed E-state index contributed by atoms with van der Waals surface area (Å²) in [6.45, 7) is 2.00. The minimum atomic E-state index is 0.658. The number of H-pyrrole nitrogens is 1. The molecule has 0 aliphatic rings. The Morgan fingerprint density at radius 2 is 2.05 bits per heavy atom. The second kappa shape index (κ2) is 4.48. The third-order valence-electron chi connectivity index (χ3n) is 3.00.